The fourth-order valence-electron chi connectivity index (χ4n) is 13.1. The zero-order chi connectivity index (χ0) is 77.0. The van der Waals surface area contributed by atoms with E-state index >= 15 is 0 Å². The Labute approximate surface area is 636 Å². The number of carbonyl (C=O) groups excluding carboxylic acids is 2. The summed E-state index contributed by atoms with van der Waals surface area (Å²) in [6.07, 6.45) is 47.5. The summed E-state index contributed by atoms with van der Waals surface area (Å²) < 4.78 is 29.8. The zero-order valence-corrected chi connectivity index (χ0v) is 77.4. The van der Waals surface area contributed by atoms with E-state index in [1.54, 1.807) is 16.7 Å². The van der Waals surface area contributed by atoms with Gasteiger partial charge in [-0.05, 0) is 118 Å². The van der Waals surface area contributed by atoms with Crippen LogP contribution in [0.4, 0.5) is 0 Å². The molecule has 0 bridgehead atoms. The van der Waals surface area contributed by atoms with Crippen molar-refractivity contribution < 1.29 is 32.4 Å². The molecule has 604 valence electrons. The van der Waals surface area contributed by atoms with Gasteiger partial charge >= 0.3 is 0 Å². The van der Waals surface area contributed by atoms with Crippen molar-refractivity contribution >= 4 is 45.1 Å². The monoisotopic (exact) mass is 1500 g/mol. The van der Waals surface area contributed by atoms with E-state index in [-0.39, 0.29) is 69.2 Å². The number of hydrogen-bond donors (Lipinski definition) is 1. The molecular weight excluding hydrogens is 1310 g/mol. The molecular formula is C86H182N4O7Si4. The minimum Gasteiger partial charge on any atom is -0.413 e. The molecule has 0 fully saturated rings. The van der Waals surface area contributed by atoms with Gasteiger partial charge < -0.3 is 32.6 Å². The molecule has 0 heterocycles. The SMILES string of the molecule is CCCCCCCCCCC(CN(CCCN(C)C(=O)CC(C)(O)CC(=O)N(C)CCCN(CC(CCCCCCCCCC)O[Si](C)(C)C(C)(C)C)CC(CCCCCCCCCC)O[Si](C)(C)C(C)(C)C)CC(CCCCCCCCCC)O[Si](C)(C)C(C)(C)C)O[Si](C)(C)C(C)(C)C. The number of hydrogen-bond acceptors (Lipinski definition) is 9. The van der Waals surface area contributed by atoms with Crippen LogP contribution in [0, 0.1) is 0 Å². The molecule has 15 heteroatoms. The Bertz CT molecular complexity index is 1800. The van der Waals surface area contributed by atoms with Crippen LogP contribution in [0.1, 0.15) is 375 Å². The second-order valence-corrected chi connectivity index (χ2v) is 57.8. The highest BCUT2D eigenvalue weighted by Gasteiger charge is 2.44. The number of aliphatic hydroxyl groups is 1. The number of rotatable bonds is 64. The van der Waals surface area contributed by atoms with Crippen molar-refractivity contribution in [3.05, 3.63) is 0 Å². The highest BCUT2D eigenvalue weighted by Crippen LogP contribution is 2.42. The minimum atomic E-state index is -2.11. The molecule has 0 rings (SSSR count). The van der Waals surface area contributed by atoms with Gasteiger partial charge in [-0.25, -0.2) is 0 Å². The second kappa shape index (κ2) is 52.6. The van der Waals surface area contributed by atoms with Crippen molar-refractivity contribution in [1.29, 1.82) is 0 Å². The zero-order valence-electron chi connectivity index (χ0n) is 73.4. The molecule has 0 spiro atoms. The number of amides is 2. The van der Waals surface area contributed by atoms with Gasteiger partial charge in [0.1, 0.15) is 0 Å². The molecule has 0 saturated carbocycles. The quantitative estimate of drug-likeness (QED) is 0.0471. The van der Waals surface area contributed by atoms with Gasteiger partial charge in [-0.3, -0.25) is 19.4 Å². The fourth-order valence-corrected chi connectivity index (χ4v) is 18.6. The molecule has 0 aromatic heterocycles. The Morgan fingerprint density at radius 1 is 0.297 bits per heavy atom. The molecule has 11 nitrogen and oxygen atoms in total. The third-order valence-electron chi connectivity index (χ3n) is 24.3. The average Bonchev–Trinajstić information content (AvgIpc) is 0.839. The van der Waals surface area contributed by atoms with Crippen molar-refractivity contribution in [3.63, 3.8) is 0 Å². The van der Waals surface area contributed by atoms with Crippen molar-refractivity contribution in [2.45, 2.75) is 477 Å². The van der Waals surface area contributed by atoms with E-state index in [0.29, 0.717) is 13.1 Å². The van der Waals surface area contributed by atoms with Gasteiger partial charge in [0.05, 0.1) is 42.9 Å². The summed E-state index contributed by atoms with van der Waals surface area (Å²) in [6, 6.07) is 0. The lowest BCUT2D eigenvalue weighted by Gasteiger charge is -2.43. The molecule has 0 saturated heterocycles. The van der Waals surface area contributed by atoms with Crippen LogP contribution in [-0.4, -0.2) is 166 Å². The van der Waals surface area contributed by atoms with Gasteiger partial charge in [0.2, 0.25) is 11.8 Å². The lowest BCUT2D eigenvalue weighted by molar-refractivity contribution is -0.140. The van der Waals surface area contributed by atoms with Crippen LogP contribution >= 0.6 is 0 Å². The van der Waals surface area contributed by atoms with Crippen molar-refractivity contribution in [2.24, 2.45) is 0 Å². The molecule has 0 radical (unpaired) electrons. The van der Waals surface area contributed by atoms with E-state index in [2.05, 4.69) is 173 Å². The smallest absolute Gasteiger partial charge is 0.225 e. The Hall–Kier alpha value is -0.472. The maximum atomic E-state index is 14.3. The second-order valence-electron chi connectivity index (χ2n) is 38.8. The van der Waals surface area contributed by atoms with Gasteiger partial charge in [-0.2, -0.15) is 0 Å². The average molecular weight is 1500 g/mol. The van der Waals surface area contributed by atoms with Gasteiger partial charge in [0.15, 0.2) is 33.3 Å². The van der Waals surface area contributed by atoms with Crippen LogP contribution < -0.4 is 0 Å². The largest absolute Gasteiger partial charge is 0.413 e. The predicted molar refractivity (Wildman–Crippen MR) is 454 cm³/mol. The third kappa shape index (κ3) is 47.3. The summed E-state index contributed by atoms with van der Waals surface area (Å²) in [5.41, 5.74) is -1.49. The van der Waals surface area contributed by atoms with Crippen LogP contribution in [-0.2, 0) is 27.3 Å². The first-order valence-electron chi connectivity index (χ1n) is 43.3. The molecule has 2 amide bonds. The van der Waals surface area contributed by atoms with Crippen LogP contribution in [0.3, 0.4) is 0 Å². The summed E-state index contributed by atoms with van der Waals surface area (Å²) in [4.78, 5) is 37.5. The standard InChI is InChI=1S/C86H182N4O7Si4/c1-28-32-36-40-44-48-52-56-62-76(94-98(20,21)82(5,6)7)72-89(73-77(95-99(22,23)83(8,9)10)63-57-53-49-45-41-37-33-29-2)68-60-66-87(18)80(91)70-86(17,93)71-81(92)88(19)67-61-69-90(74-78(96-100(24,25)84(11,12)13)64-58-54-50-46-42-38-34-30-3)75-79(97-101(26,27)85(14,15)16)65-59-55-51-47-43-39-35-31-4/h76-79,93H,28-75H2,1-27H3. The Morgan fingerprint density at radius 3 is 0.653 bits per heavy atom. The van der Waals surface area contributed by atoms with E-state index in [1.165, 1.54) is 205 Å². The minimum absolute atomic E-state index is 0.0974. The molecule has 101 heavy (non-hydrogen) atoms. The first kappa shape index (κ1) is 101. The molecule has 0 aliphatic rings. The first-order chi connectivity index (χ1) is 46.9. The Kier molecular flexibility index (Phi) is 52.4. The Morgan fingerprint density at radius 2 is 0.475 bits per heavy atom. The van der Waals surface area contributed by atoms with Gasteiger partial charge in [-0.15, -0.1) is 0 Å². The molecule has 0 aromatic carbocycles. The highest BCUT2D eigenvalue weighted by molar-refractivity contribution is 6.75. The maximum absolute atomic E-state index is 14.3. The Balaban J connectivity index is 6.85. The molecule has 1 N–H and O–H groups in total. The topological polar surface area (TPSA) is 104 Å². The summed E-state index contributed by atoms with van der Waals surface area (Å²) >= 11 is 0. The van der Waals surface area contributed by atoms with Crippen LogP contribution in [0.5, 0.6) is 0 Å². The lowest BCUT2D eigenvalue weighted by atomic mass is 9.96. The number of unbranched alkanes of at least 4 members (excludes halogenated alkanes) is 28. The number of nitrogens with zero attached hydrogens (tertiary/aromatic N) is 4. The van der Waals surface area contributed by atoms with E-state index in [4.69, 9.17) is 17.7 Å². The van der Waals surface area contributed by atoms with Crippen molar-refractivity contribution in [1.82, 2.24) is 19.6 Å². The maximum Gasteiger partial charge on any atom is 0.225 e. The van der Waals surface area contributed by atoms with Gasteiger partial charge in [0, 0.05) is 66.5 Å². The van der Waals surface area contributed by atoms with E-state index in [0.717, 1.165) is 77.8 Å². The molecule has 0 aliphatic carbocycles. The van der Waals surface area contributed by atoms with Crippen molar-refractivity contribution in [2.75, 3.05) is 66.5 Å². The van der Waals surface area contributed by atoms with E-state index in [1.807, 2.05) is 14.1 Å². The number of carbonyl (C=O) groups is 2. The summed E-state index contributed by atoms with van der Waals surface area (Å²) in [7, 11) is -4.65. The summed E-state index contributed by atoms with van der Waals surface area (Å²) in [5, 5.41) is 12.4. The first-order valence-corrected chi connectivity index (χ1v) is 54.9. The lowest BCUT2D eigenvalue weighted by Crippen LogP contribution is -2.50. The normalized spacial score (nSPS) is 15.2. The highest BCUT2D eigenvalue weighted by atomic mass is 28.4. The molecule has 4 atom stereocenters. The molecule has 0 aliphatic heterocycles. The van der Waals surface area contributed by atoms with Crippen molar-refractivity contribution in [3.8, 4) is 0 Å². The predicted octanol–water partition coefficient (Wildman–Crippen LogP) is 25.5. The van der Waals surface area contributed by atoms with Crippen LogP contribution in [0.2, 0.25) is 72.5 Å². The molecule has 0 aromatic rings. The molecule has 4 unspecified atom stereocenters. The van der Waals surface area contributed by atoms with E-state index in [9.17, 15) is 14.7 Å². The summed E-state index contributed by atoms with van der Waals surface area (Å²) in [6.45, 7) is 64.8. The van der Waals surface area contributed by atoms with Gasteiger partial charge in [0.25, 0.3) is 0 Å². The third-order valence-corrected chi connectivity index (χ3v) is 42.4. The van der Waals surface area contributed by atoms with Gasteiger partial charge in [-0.1, -0.05) is 316 Å². The fraction of sp³-hybridized carbons (Fsp3) is 0.977. The van der Waals surface area contributed by atoms with Crippen LogP contribution in [0.15, 0.2) is 0 Å². The van der Waals surface area contributed by atoms with E-state index < -0.39 is 38.9 Å². The van der Waals surface area contributed by atoms with Crippen LogP contribution in [0.25, 0.3) is 0 Å². The summed E-state index contributed by atoms with van der Waals surface area (Å²) in [5.74, 6) is -0.253.